The van der Waals surface area contributed by atoms with Gasteiger partial charge in [-0.25, -0.2) is 0 Å². The highest BCUT2D eigenvalue weighted by Crippen LogP contribution is 2.23. The third-order valence-corrected chi connectivity index (χ3v) is 5.80. The number of amides is 1. The molecule has 2 aromatic rings. The summed E-state index contributed by atoms with van der Waals surface area (Å²) in [6.45, 7) is 3.45. The van der Waals surface area contributed by atoms with E-state index in [2.05, 4.69) is 29.2 Å². The molecule has 2 aliphatic rings. The molecule has 4 rings (SSSR count). The predicted octanol–water partition coefficient (Wildman–Crippen LogP) is 3.15. The molecule has 0 saturated carbocycles. The van der Waals surface area contributed by atoms with Crippen molar-refractivity contribution in [1.29, 1.82) is 0 Å². The molecule has 4 nitrogen and oxygen atoms in total. The zero-order valence-corrected chi connectivity index (χ0v) is 16.2. The van der Waals surface area contributed by atoms with Crippen LogP contribution in [0.2, 0.25) is 5.02 Å². The SMILES string of the molecule is O=C1c2ccc(Cl)cc2CCCN1C[C@H](O)CN1CCc2ccccc2C1. The second-order valence-electron chi connectivity index (χ2n) is 7.56. The Morgan fingerprint density at radius 2 is 1.81 bits per heavy atom. The van der Waals surface area contributed by atoms with Crippen LogP contribution in [0.3, 0.4) is 0 Å². The van der Waals surface area contributed by atoms with Gasteiger partial charge in [-0.2, -0.15) is 0 Å². The minimum atomic E-state index is -0.548. The third-order valence-electron chi connectivity index (χ3n) is 5.57. The molecular weight excluding hydrogens is 360 g/mol. The monoisotopic (exact) mass is 384 g/mol. The minimum Gasteiger partial charge on any atom is -0.390 e. The number of hydrogen-bond donors (Lipinski definition) is 1. The van der Waals surface area contributed by atoms with Crippen molar-refractivity contribution in [2.75, 3.05) is 26.2 Å². The molecule has 0 fully saturated rings. The molecule has 1 amide bonds. The normalized spacial score (nSPS) is 18.6. The summed E-state index contributed by atoms with van der Waals surface area (Å²) in [6, 6.07) is 14.0. The summed E-state index contributed by atoms with van der Waals surface area (Å²) in [7, 11) is 0. The topological polar surface area (TPSA) is 43.8 Å². The van der Waals surface area contributed by atoms with E-state index in [-0.39, 0.29) is 5.91 Å². The number of halogens is 1. The molecule has 2 aromatic carbocycles. The fourth-order valence-corrected chi connectivity index (χ4v) is 4.40. The maximum Gasteiger partial charge on any atom is 0.254 e. The average molecular weight is 385 g/mol. The van der Waals surface area contributed by atoms with Gasteiger partial charge in [0.25, 0.3) is 5.91 Å². The second-order valence-corrected chi connectivity index (χ2v) is 8.00. The van der Waals surface area contributed by atoms with E-state index in [1.807, 2.05) is 12.1 Å². The van der Waals surface area contributed by atoms with Crippen LogP contribution in [-0.2, 0) is 19.4 Å². The lowest BCUT2D eigenvalue weighted by Crippen LogP contribution is -2.44. The number of nitrogens with zero attached hydrogens (tertiary/aromatic N) is 2. The Labute approximate surface area is 165 Å². The summed E-state index contributed by atoms with van der Waals surface area (Å²) in [4.78, 5) is 17.0. The highest BCUT2D eigenvalue weighted by Gasteiger charge is 2.26. The molecule has 0 spiro atoms. The van der Waals surface area contributed by atoms with E-state index in [0.717, 1.165) is 43.5 Å². The van der Waals surface area contributed by atoms with E-state index in [1.54, 1.807) is 11.0 Å². The first kappa shape index (κ1) is 18.5. The summed E-state index contributed by atoms with van der Waals surface area (Å²) in [6.07, 6.45) is 2.20. The van der Waals surface area contributed by atoms with Crippen molar-refractivity contribution in [2.45, 2.75) is 31.9 Å². The molecule has 1 atom stereocenters. The van der Waals surface area contributed by atoms with Gasteiger partial charge in [-0.3, -0.25) is 9.69 Å². The minimum absolute atomic E-state index is 0.00204. The Bertz CT molecular complexity index is 839. The molecule has 2 heterocycles. The van der Waals surface area contributed by atoms with Crippen LogP contribution in [0.1, 0.15) is 33.5 Å². The number of rotatable bonds is 4. The number of aliphatic hydroxyl groups excluding tert-OH is 1. The van der Waals surface area contributed by atoms with Gasteiger partial charge in [0.05, 0.1) is 6.10 Å². The van der Waals surface area contributed by atoms with Crippen LogP contribution in [0.25, 0.3) is 0 Å². The van der Waals surface area contributed by atoms with Gasteiger partial charge < -0.3 is 10.0 Å². The highest BCUT2D eigenvalue weighted by molar-refractivity contribution is 6.30. The van der Waals surface area contributed by atoms with E-state index in [4.69, 9.17) is 11.6 Å². The Kier molecular flexibility index (Phi) is 5.48. The van der Waals surface area contributed by atoms with Crippen molar-refractivity contribution < 1.29 is 9.90 Å². The molecule has 5 heteroatoms. The van der Waals surface area contributed by atoms with E-state index in [1.165, 1.54) is 11.1 Å². The molecule has 1 N–H and O–H groups in total. The lowest BCUT2D eigenvalue weighted by Gasteiger charge is -2.32. The Hall–Kier alpha value is -1.88. The van der Waals surface area contributed by atoms with Crippen molar-refractivity contribution in [3.8, 4) is 0 Å². The van der Waals surface area contributed by atoms with Crippen molar-refractivity contribution in [3.05, 3.63) is 69.7 Å². The van der Waals surface area contributed by atoms with Gasteiger partial charge in [0.1, 0.15) is 0 Å². The molecule has 0 radical (unpaired) electrons. The second kappa shape index (κ2) is 8.01. The molecule has 0 saturated heterocycles. The van der Waals surface area contributed by atoms with Crippen LogP contribution in [-0.4, -0.2) is 53.1 Å². The maximum atomic E-state index is 12.9. The predicted molar refractivity (Wildman–Crippen MR) is 107 cm³/mol. The lowest BCUT2D eigenvalue weighted by molar-refractivity contribution is 0.0513. The zero-order chi connectivity index (χ0) is 18.8. The number of hydrogen-bond acceptors (Lipinski definition) is 3. The number of β-amino-alcohol motifs (C(OH)–C–C–N with tert-alkyl or cyclic N) is 1. The summed E-state index contributed by atoms with van der Waals surface area (Å²) in [5, 5.41) is 11.3. The molecule has 0 aromatic heterocycles. The van der Waals surface area contributed by atoms with Crippen molar-refractivity contribution >= 4 is 17.5 Å². The van der Waals surface area contributed by atoms with E-state index in [9.17, 15) is 9.90 Å². The Morgan fingerprint density at radius 3 is 2.67 bits per heavy atom. The number of fused-ring (bicyclic) bond motifs is 2. The van der Waals surface area contributed by atoms with E-state index in [0.29, 0.717) is 24.7 Å². The standard InChI is InChI=1S/C22H25ClN2O2/c23-19-7-8-21-17(12-19)6-3-10-25(22(21)27)15-20(26)14-24-11-9-16-4-1-2-5-18(16)13-24/h1-2,4-5,7-8,12,20,26H,3,6,9-11,13-15H2/t20-/m1/s1. The molecule has 0 unspecified atom stereocenters. The van der Waals surface area contributed by atoms with Crippen molar-refractivity contribution in [3.63, 3.8) is 0 Å². The van der Waals surface area contributed by atoms with Crippen LogP contribution in [0, 0.1) is 0 Å². The molecule has 142 valence electrons. The largest absolute Gasteiger partial charge is 0.390 e. The van der Waals surface area contributed by atoms with Crippen LogP contribution in [0.15, 0.2) is 42.5 Å². The molecule has 2 aliphatic heterocycles. The smallest absolute Gasteiger partial charge is 0.254 e. The number of carbonyl (C=O) groups is 1. The van der Waals surface area contributed by atoms with Crippen LogP contribution in [0.4, 0.5) is 0 Å². The van der Waals surface area contributed by atoms with Crippen molar-refractivity contribution in [1.82, 2.24) is 9.80 Å². The average Bonchev–Trinajstić information content (AvgIpc) is 2.80. The van der Waals surface area contributed by atoms with Crippen molar-refractivity contribution in [2.24, 2.45) is 0 Å². The van der Waals surface area contributed by atoms with Gasteiger partial charge >= 0.3 is 0 Å². The van der Waals surface area contributed by atoms with E-state index >= 15 is 0 Å². The first-order chi connectivity index (χ1) is 13.1. The van der Waals surface area contributed by atoms with Crippen LogP contribution in [0.5, 0.6) is 0 Å². The van der Waals surface area contributed by atoms with Gasteiger partial charge in [0.15, 0.2) is 0 Å². The van der Waals surface area contributed by atoms with Gasteiger partial charge in [-0.05, 0) is 54.2 Å². The van der Waals surface area contributed by atoms with Crippen LogP contribution >= 0.6 is 11.6 Å². The quantitative estimate of drug-likeness (QED) is 0.880. The summed E-state index contributed by atoms with van der Waals surface area (Å²) in [5.74, 6) is 0.00204. The zero-order valence-electron chi connectivity index (χ0n) is 15.4. The number of aliphatic hydroxyl groups is 1. The van der Waals surface area contributed by atoms with E-state index < -0.39 is 6.10 Å². The third kappa shape index (κ3) is 4.18. The maximum absolute atomic E-state index is 12.9. The summed E-state index contributed by atoms with van der Waals surface area (Å²) < 4.78 is 0. The number of benzene rings is 2. The fourth-order valence-electron chi connectivity index (χ4n) is 4.20. The first-order valence-corrected chi connectivity index (χ1v) is 10.0. The fraction of sp³-hybridized carbons (Fsp3) is 0.409. The number of carbonyl (C=O) groups excluding carboxylic acids is 1. The van der Waals surface area contributed by atoms with Gasteiger partial charge in [-0.1, -0.05) is 35.9 Å². The first-order valence-electron chi connectivity index (χ1n) is 9.65. The highest BCUT2D eigenvalue weighted by atomic mass is 35.5. The van der Waals surface area contributed by atoms with Gasteiger partial charge in [-0.15, -0.1) is 0 Å². The molecular formula is C22H25ClN2O2. The van der Waals surface area contributed by atoms with Gasteiger partial charge in [0, 0.05) is 43.3 Å². The molecule has 0 aliphatic carbocycles. The van der Waals surface area contributed by atoms with Crippen LogP contribution < -0.4 is 0 Å². The summed E-state index contributed by atoms with van der Waals surface area (Å²) in [5.41, 5.74) is 4.47. The number of aryl methyl sites for hydroxylation is 1. The van der Waals surface area contributed by atoms with Gasteiger partial charge in [0.2, 0.25) is 0 Å². The molecule has 27 heavy (non-hydrogen) atoms. The molecule has 0 bridgehead atoms. The summed E-state index contributed by atoms with van der Waals surface area (Å²) >= 11 is 6.07. The Balaban J connectivity index is 1.39. The lowest BCUT2D eigenvalue weighted by atomic mass is 10.00. The Morgan fingerprint density at radius 1 is 1.00 bits per heavy atom.